The van der Waals surface area contributed by atoms with E-state index in [2.05, 4.69) is 68.4 Å². The van der Waals surface area contributed by atoms with E-state index in [-0.39, 0.29) is 5.41 Å². The predicted octanol–water partition coefficient (Wildman–Crippen LogP) is 7.96. The van der Waals surface area contributed by atoms with Gasteiger partial charge in [-0.15, -0.1) is 0 Å². The highest BCUT2D eigenvalue weighted by atomic mass is 35.5. The molecule has 4 saturated carbocycles. The average molecular weight is 455 g/mol. The van der Waals surface area contributed by atoms with Crippen LogP contribution in [0.1, 0.15) is 62.6 Å². The standard InChI is InChI=1S/C31H31ClO/c1-30(2)27-10-7-20(16-26(27)25-9-8-23(32)17-29(25)30)24-5-3-4-6-28(24)31(33)21-12-18-11-19(14-21)15-22(31)13-18/h3-10,16-19,21-22,33H,11-15H2,1-2H3. The van der Waals surface area contributed by atoms with Crippen LogP contribution in [0.25, 0.3) is 22.3 Å². The van der Waals surface area contributed by atoms with Crippen molar-refractivity contribution in [1.82, 2.24) is 0 Å². The van der Waals surface area contributed by atoms with Crippen LogP contribution in [0.15, 0.2) is 60.7 Å². The Morgan fingerprint density at radius 3 is 2.12 bits per heavy atom. The Labute approximate surface area is 201 Å². The largest absolute Gasteiger partial charge is 0.385 e. The fourth-order valence-corrected chi connectivity index (χ4v) is 8.49. The molecule has 0 unspecified atom stereocenters. The van der Waals surface area contributed by atoms with Gasteiger partial charge in [0.25, 0.3) is 0 Å². The lowest BCUT2D eigenvalue weighted by atomic mass is 9.48. The molecule has 1 N–H and O–H groups in total. The minimum Gasteiger partial charge on any atom is -0.385 e. The van der Waals surface area contributed by atoms with Crippen LogP contribution in [0.3, 0.4) is 0 Å². The van der Waals surface area contributed by atoms with Crippen molar-refractivity contribution in [2.45, 2.75) is 57.0 Å². The summed E-state index contributed by atoms with van der Waals surface area (Å²) in [7, 11) is 0. The Morgan fingerprint density at radius 2 is 1.39 bits per heavy atom. The number of hydrogen-bond donors (Lipinski definition) is 1. The molecule has 0 amide bonds. The van der Waals surface area contributed by atoms with Gasteiger partial charge in [-0.1, -0.05) is 67.9 Å². The van der Waals surface area contributed by atoms with Crippen LogP contribution in [0.5, 0.6) is 0 Å². The molecular weight excluding hydrogens is 424 g/mol. The van der Waals surface area contributed by atoms with E-state index in [0.29, 0.717) is 11.8 Å². The molecule has 0 spiro atoms. The fraction of sp³-hybridized carbons (Fsp3) is 0.419. The normalized spacial score (nSPS) is 32.6. The molecule has 5 aliphatic carbocycles. The molecule has 0 aliphatic heterocycles. The van der Waals surface area contributed by atoms with Gasteiger partial charge in [0.15, 0.2) is 0 Å². The molecule has 0 atom stereocenters. The maximum absolute atomic E-state index is 12.4. The van der Waals surface area contributed by atoms with Crippen molar-refractivity contribution in [1.29, 1.82) is 0 Å². The molecule has 0 aromatic heterocycles. The van der Waals surface area contributed by atoms with Crippen LogP contribution in [0, 0.1) is 23.7 Å². The van der Waals surface area contributed by atoms with E-state index in [1.165, 1.54) is 65.5 Å². The number of fused-ring (bicyclic) bond motifs is 3. The molecule has 0 saturated heterocycles. The minimum absolute atomic E-state index is 0.0623. The summed E-state index contributed by atoms with van der Waals surface area (Å²) in [5.74, 6) is 2.49. The molecular formula is C31H31ClO. The monoisotopic (exact) mass is 454 g/mol. The van der Waals surface area contributed by atoms with Crippen LogP contribution in [0.2, 0.25) is 5.02 Å². The quantitative estimate of drug-likeness (QED) is 0.416. The van der Waals surface area contributed by atoms with Crippen molar-refractivity contribution < 1.29 is 5.11 Å². The van der Waals surface area contributed by atoms with E-state index in [1.54, 1.807) is 0 Å². The zero-order valence-corrected chi connectivity index (χ0v) is 20.2. The van der Waals surface area contributed by atoms with E-state index in [4.69, 9.17) is 11.6 Å². The van der Waals surface area contributed by atoms with Crippen LogP contribution < -0.4 is 0 Å². The lowest BCUT2D eigenvalue weighted by Gasteiger charge is -2.59. The van der Waals surface area contributed by atoms with Crippen molar-refractivity contribution in [3.63, 3.8) is 0 Å². The summed E-state index contributed by atoms with van der Waals surface area (Å²) in [4.78, 5) is 0. The molecule has 3 aromatic carbocycles. The number of benzene rings is 3. The average Bonchev–Trinajstić information content (AvgIpc) is 3.03. The third-order valence-electron chi connectivity index (χ3n) is 9.69. The first-order valence-corrected chi connectivity index (χ1v) is 13.0. The summed E-state index contributed by atoms with van der Waals surface area (Å²) in [5, 5.41) is 13.1. The molecule has 4 fully saturated rings. The molecule has 2 heteroatoms. The highest BCUT2D eigenvalue weighted by Crippen LogP contribution is 2.62. The Kier molecular flexibility index (Phi) is 4.14. The van der Waals surface area contributed by atoms with Gasteiger partial charge in [-0.25, -0.2) is 0 Å². The van der Waals surface area contributed by atoms with Crippen LogP contribution in [-0.4, -0.2) is 5.11 Å². The van der Waals surface area contributed by atoms with Crippen molar-refractivity contribution in [2.24, 2.45) is 23.7 Å². The summed E-state index contributed by atoms with van der Waals surface area (Å²) in [5.41, 5.74) is 8.07. The Bertz CT molecular complexity index is 1260. The lowest BCUT2D eigenvalue weighted by Crippen LogP contribution is -2.55. The van der Waals surface area contributed by atoms with Gasteiger partial charge in [0.2, 0.25) is 0 Å². The van der Waals surface area contributed by atoms with E-state index in [0.717, 1.165) is 22.4 Å². The third kappa shape index (κ3) is 2.70. The predicted molar refractivity (Wildman–Crippen MR) is 135 cm³/mol. The first kappa shape index (κ1) is 20.3. The molecule has 0 heterocycles. The molecule has 1 nitrogen and oxygen atoms in total. The minimum atomic E-state index is -0.687. The van der Waals surface area contributed by atoms with Crippen molar-refractivity contribution in [3.05, 3.63) is 82.4 Å². The van der Waals surface area contributed by atoms with Gasteiger partial charge >= 0.3 is 0 Å². The Hall–Kier alpha value is -2.09. The van der Waals surface area contributed by atoms with Crippen LogP contribution >= 0.6 is 11.6 Å². The first-order valence-electron chi connectivity index (χ1n) is 12.6. The van der Waals surface area contributed by atoms with Gasteiger partial charge in [-0.2, -0.15) is 0 Å². The topological polar surface area (TPSA) is 20.2 Å². The van der Waals surface area contributed by atoms with E-state index < -0.39 is 5.60 Å². The summed E-state index contributed by atoms with van der Waals surface area (Å²) >= 11 is 6.37. The van der Waals surface area contributed by atoms with Crippen molar-refractivity contribution in [3.8, 4) is 22.3 Å². The second-order valence-electron chi connectivity index (χ2n) is 11.8. The molecule has 0 radical (unpaired) electrons. The molecule has 8 rings (SSSR count). The zero-order chi connectivity index (χ0) is 22.5. The second-order valence-corrected chi connectivity index (χ2v) is 12.2. The maximum Gasteiger partial charge on any atom is 0.0958 e. The molecule has 33 heavy (non-hydrogen) atoms. The zero-order valence-electron chi connectivity index (χ0n) is 19.4. The molecule has 168 valence electrons. The summed E-state index contributed by atoms with van der Waals surface area (Å²) in [6, 6.07) is 21.9. The Balaban J connectivity index is 1.38. The third-order valence-corrected chi connectivity index (χ3v) is 9.93. The van der Waals surface area contributed by atoms with Gasteiger partial charge in [0.1, 0.15) is 0 Å². The van der Waals surface area contributed by atoms with E-state index >= 15 is 0 Å². The highest BCUT2D eigenvalue weighted by molar-refractivity contribution is 6.30. The molecule has 3 aromatic rings. The highest BCUT2D eigenvalue weighted by Gasteiger charge is 2.57. The fourth-order valence-electron chi connectivity index (χ4n) is 8.32. The van der Waals surface area contributed by atoms with Crippen LogP contribution in [0.4, 0.5) is 0 Å². The van der Waals surface area contributed by atoms with Gasteiger partial charge in [0, 0.05) is 10.4 Å². The second kappa shape index (κ2) is 6.74. The van der Waals surface area contributed by atoms with Gasteiger partial charge < -0.3 is 5.11 Å². The van der Waals surface area contributed by atoms with Crippen molar-refractivity contribution in [2.75, 3.05) is 0 Å². The summed E-state index contributed by atoms with van der Waals surface area (Å²) in [6.07, 6.45) is 6.19. The van der Waals surface area contributed by atoms with Gasteiger partial charge in [-0.05, 0) is 113 Å². The van der Waals surface area contributed by atoms with Crippen LogP contribution in [-0.2, 0) is 11.0 Å². The first-order chi connectivity index (χ1) is 15.9. The molecule has 4 bridgehead atoms. The summed E-state index contributed by atoms with van der Waals surface area (Å²) < 4.78 is 0. The SMILES string of the molecule is CC1(C)c2ccc(-c3ccccc3C3(O)C4CC5CC(C4)CC3C5)cc2-c2ccc(Cl)cc21. The van der Waals surface area contributed by atoms with Gasteiger partial charge in [0.05, 0.1) is 5.60 Å². The van der Waals surface area contributed by atoms with E-state index in [1.807, 2.05) is 6.07 Å². The summed E-state index contributed by atoms with van der Waals surface area (Å²) in [6.45, 7) is 4.58. The van der Waals surface area contributed by atoms with Gasteiger partial charge in [-0.3, -0.25) is 0 Å². The number of hydrogen-bond acceptors (Lipinski definition) is 1. The van der Waals surface area contributed by atoms with Crippen molar-refractivity contribution >= 4 is 11.6 Å². The number of halogens is 1. The Morgan fingerprint density at radius 1 is 0.697 bits per heavy atom. The number of aliphatic hydroxyl groups is 1. The smallest absolute Gasteiger partial charge is 0.0958 e. The maximum atomic E-state index is 12.4. The lowest BCUT2D eigenvalue weighted by molar-refractivity contribution is -0.179. The number of rotatable bonds is 2. The molecule has 5 aliphatic rings. The van der Waals surface area contributed by atoms with E-state index in [9.17, 15) is 5.11 Å².